The molecule has 4 heteroatoms. The van der Waals surface area contributed by atoms with Gasteiger partial charge in [-0.2, -0.15) is 0 Å². The summed E-state index contributed by atoms with van der Waals surface area (Å²) in [5, 5.41) is 6.57. The third kappa shape index (κ3) is 4.58. The van der Waals surface area contributed by atoms with Crippen molar-refractivity contribution in [2.45, 2.75) is 57.5 Å². The Labute approximate surface area is 110 Å². The van der Waals surface area contributed by atoms with Crippen molar-refractivity contribution in [3.05, 3.63) is 0 Å². The zero-order valence-corrected chi connectivity index (χ0v) is 11.6. The normalized spacial score (nSPS) is 28.5. The lowest BCUT2D eigenvalue weighted by Crippen LogP contribution is -2.46. The van der Waals surface area contributed by atoms with E-state index in [1.165, 1.54) is 32.4 Å². The zero-order valence-electron chi connectivity index (χ0n) is 11.6. The summed E-state index contributed by atoms with van der Waals surface area (Å²) < 4.78 is 0. The minimum atomic E-state index is 0.204. The molecule has 4 nitrogen and oxygen atoms in total. The van der Waals surface area contributed by atoms with Gasteiger partial charge < -0.3 is 15.5 Å². The van der Waals surface area contributed by atoms with Crippen molar-refractivity contribution in [1.82, 2.24) is 15.5 Å². The molecule has 2 heterocycles. The predicted molar refractivity (Wildman–Crippen MR) is 73.5 cm³/mol. The van der Waals surface area contributed by atoms with E-state index in [0.29, 0.717) is 18.5 Å². The summed E-state index contributed by atoms with van der Waals surface area (Å²) in [6.07, 6.45) is 6.94. The van der Waals surface area contributed by atoms with Gasteiger partial charge in [-0.3, -0.25) is 4.79 Å². The van der Waals surface area contributed by atoms with Crippen LogP contribution in [0.5, 0.6) is 0 Å². The van der Waals surface area contributed by atoms with E-state index in [9.17, 15) is 4.79 Å². The number of piperidine rings is 1. The molecule has 0 spiro atoms. The molecule has 0 aliphatic carbocycles. The van der Waals surface area contributed by atoms with Crippen molar-refractivity contribution in [3.8, 4) is 0 Å². The van der Waals surface area contributed by atoms with Gasteiger partial charge >= 0.3 is 0 Å². The highest BCUT2D eigenvalue weighted by molar-refractivity contribution is 5.76. The molecular formula is C14H27N3O. The largest absolute Gasteiger partial charge is 0.356 e. The van der Waals surface area contributed by atoms with Crippen LogP contribution in [0, 0.1) is 0 Å². The Hall–Kier alpha value is -0.610. The first-order valence-electron chi connectivity index (χ1n) is 7.49. The lowest BCUT2D eigenvalue weighted by Gasteiger charge is -2.31. The van der Waals surface area contributed by atoms with Crippen LogP contribution in [0.3, 0.4) is 0 Å². The van der Waals surface area contributed by atoms with E-state index in [4.69, 9.17) is 0 Å². The van der Waals surface area contributed by atoms with Crippen molar-refractivity contribution in [2.24, 2.45) is 0 Å². The lowest BCUT2D eigenvalue weighted by molar-refractivity contribution is -0.121. The number of hydrogen-bond donors (Lipinski definition) is 2. The number of hydrogen-bond acceptors (Lipinski definition) is 3. The van der Waals surface area contributed by atoms with E-state index in [-0.39, 0.29) is 5.91 Å². The molecule has 2 unspecified atom stereocenters. The first kappa shape index (κ1) is 13.8. The maximum absolute atomic E-state index is 11.5. The van der Waals surface area contributed by atoms with Gasteiger partial charge in [-0.25, -0.2) is 0 Å². The Balaban J connectivity index is 1.71. The summed E-state index contributed by atoms with van der Waals surface area (Å²) in [4.78, 5) is 14.1. The highest BCUT2D eigenvalue weighted by Gasteiger charge is 2.20. The second-order valence-corrected chi connectivity index (χ2v) is 5.82. The molecule has 1 amide bonds. The summed E-state index contributed by atoms with van der Waals surface area (Å²) in [6.45, 7) is 6.71. The Kier molecular flexibility index (Phi) is 5.45. The second kappa shape index (κ2) is 7.10. The van der Waals surface area contributed by atoms with Crippen LogP contribution in [0.25, 0.3) is 0 Å². The first-order chi connectivity index (χ1) is 8.74. The van der Waals surface area contributed by atoms with Gasteiger partial charge in [0.05, 0.1) is 0 Å². The van der Waals surface area contributed by atoms with Crippen molar-refractivity contribution < 1.29 is 4.79 Å². The first-order valence-corrected chi connectivity index (χ1v) is 7.49. The smallest absolute Gasteiger partial charge is 0.221 e. The van der Waals surface area contributed by atoms with Crippen LogP contribution in [-0.4, -0.2) is 49.1 Å². The molecule has 2 atom stereocenters. The van der Waals surface area contributed by atoms with E-state index in [0.717, 1.165) is 25.9 Å². The molecule has 0 aromatic rings. The number of amides is 1. The fourth-order valence-corrected chi connectivity index (χ4v) is 3.10. The Morgan fingerprint density at radius 1 is 1.33 bits per heavy atom. The van der Waals surface area contributed by atoms with Gasteiger partial charge in [-0.05, 0) is 45.7 Å². The third-order valence-corrected chi connectivity index (χ3v) is 3.98. The molecule has 0 radical (unpaired) electrons. The van der Waals surface area contributed by atoms with E-state index in [2.05, 4.69) is 22.5 Å². The lowest BCUT2D eigenvalue weighted by atomic mass is 10.1. The van der Waals surface area contributed by atoms with Gasteiger partial charge in [-0.15, -0.1) is 0 Å². The van der Waals surface area contributed by atoms with Gasteiger partial charge in [0.15, 0.2) is 0 Å². The number of carbonyl (C=O) groups excluding carboxylic acids is 1. The fraction of sp³-hybridized carbons (Fsp3) is 0.929. The van der Waals surface area contributed by atoms with Crippen LogP contribution in [0.2, 0.25) is 0 Å². The summed E-state index contributed by atoms with van der Waals surface area (Å²) in [5.74, 6) is 0.204. The van der Waals surface area contributed by atoms with E-state index in [1.807, 2.05) is 0 Å². The van der Waals surface area contributed by atoms with Gasteiger partial charge in [0.2, 0.25) is 5.91 Å². The summed E-state index contributed by atoms with van der Waals surface area (Å²) in [5.41, 5.74) is 0. The average molecular weight is 253 g/mol. The SMILES string of the molecule is CC(CN1CCCCC1)NC1CCCNC(=O)C1. The Bertz CT molecular complexity index is 264. The third-order valence-electron chi connectivity index (χ3n) is 3.98. The standard InChI is InChI=1S/C14H27N3O/c1-12(11-17-8-3-2-4-9-17)16-13-6-5-7-15-14(18)10-13/h12-13,16H,2-11H2,1H3,(H,15,18). The Morgan fingerprint density at radius 3 is 2.89 bits per heavy atom. The second-order valence-electron chi connectivity index (χ2n) is 5.82. The van der Waals surface area contributed by atoms with Crippen LogP contribution < -0.4 is 10.6 Å². The minimum absolute atomic E-state index is 0.204. The molecule has 2 saturated heterocycles. The molecule has 2 rings (SSSR count). The van der Waals surface area contributed by atoms with Gasteiger partial charge in [-0.1, -0.05) is 6.42 Å². The molecule has 104 valence electrons. The molecular weight excluding hydrogens is 226 g/mol. The number of likely N-dealkylation sites (tertiary alicyclic amines) is 1. The molecule has 2 aliphatic rings. The monoisotopic (exact) mass is 253 g/mol. The maximum Gasteiger partial charge on any atom is 0.221 e. The van der Waals surface area contributed by atoms with Gasteiger partial charge in [0.25, 0.3) is 0 Å². The highest BCUT2D eigenvalue weighted by Crippen LogP contribution is 2.11. The van der Waals surface area contributed by atoms with Crippen molar-refractivity contribution in [3.63, 3.8) is 0 Å². The molecule has 0 bridgehead atoms. The van der Waals surface area contributed by atoms with Crippen LogP contribution in [0.15, 0.2) is 0 Å². The Morgan fingerprint density at radius 2 is 2.11 bits per heavy atom. The van der Waals surface area contributed by atoms with Crippen molar-refractivity contribution in [2.75, 3.05) is 26.2 Å². The molecule has 2 fully saturated rings. The molecule has 0 aromatic heterocycles. The molecule has 2 aliphatic heterocycles. The number of nitrogens with one attached hydrogen (secondary N) is 2. The van der Waals surface area contributed by atoms with Crippen LogP contribution >= 0.6 is 0 Å². The maximum atomic E-state index is 11.5. The number of nitrogens with zero attached hydrogens (tertiary/aromatic N) is 1. The summed E-state index contributed by atoms with van der Waals surface area (Å²) in [7, 11) is 0. The van der Waals surface area contributed by atoms with Gasteiger partial charge in [0, 0.05) is 31.6 Å². The zero-order chi connectivity index (χ0) is 12.8. The van der Waals surface area contributed by atoms with Crippen molar-refractivity contribution in [1.29, 1.82) is 0 Å². The van der Waals surface area contributed by atoms with Crippen molar-refractivity contribution >= 4 is 5.91 Å². The number of carbonyl (C=O) groups is 1. The minimum Gasteiger partial charge on any atom is -0.356 e. The van der Waals surface area contributed by atoms with E-state index >= 15 is 0 Å². The number of rotatable bonds is 4. The molecule has 0 aromatic carbocycles. The van der Waals surface area contributed by atoms with Crippen LogP contribution in [0.4, 0.5) is 0 Å². The molecule has 2 N–H and O–H groups in total. The van der Waals surface area contributed by atoms with E-state index in [1.54, 1.807) is 0 Å². The van der Waals surface area contributed by atoms with Crippen LogP contribution in [-0.2, 0) is 4.79 Å². The summed E-state index contributed by atoms with van der Waals surface area (Å²) >= 11 is 0. The fourth-order valence-electron chi connectivity index (χ4n) is 3.10. The average Bonchev–Trinajstić information content (AvgIpc) is 2.54. The van der Waals surface area contributed by atoms with E-state index < -0.39 is 0 Å². The highest BCUT2D eigenvalue weighted by atomic mass is 16.1. The molecule has 18 heavy (non-hydrogen) atoms. The summed E-state index contributed by atoms with van der Waals surface area (Å²) in [6, 6.07) is 0.853. The van der Waals surface area contributed by atoms with Gasteiger partial charge in [0.1, 0.15) is 0 Å². The molecule has 0 saturated carbocycles. The quantitative estimate of drug-likeness (QED) is 0.789. The topological polar surface area (TPSA) is 44.4 Å². The van der Waals surface area contributed by atoms with Crippen LogP contribution in [0.1, 0.15) is 45.4 Å². The predicted octanol–water partition coefficient (Wildman–Crippen LogP) is 1.12.